The highest BCUT2D eigenvalue weighted by Crippen LogP contribution is 2.39. The summed E-state index contributed by atoms with van der Waals surface area (Å²) in [6.07, 6.45) is -4.81. The Bertz CT molecular complexity index is 872. The van der Waals surface area contributed by atoms with E-state index in [2.05, 4.69) is 10.1 Å². The van der Waals surface area contributed by atoms with Crippen molar-refractivity contribution in [1.82, 2.24) is 10.2 Å². The summed E-state index contributed by atoms with van der Waals surface area (Å²) in [6, 6.07) is 8.67. The van der Waals surface area contributed by atoms with Crippen molar-refractivity contribution in [3.8, 4) is 17.6 Å². The topological polar surface area (TPSA) is 68.5 Å². The molecule has 2 N–H and O–H groups in total. The van der Waals surface area contributed by atoms with E-state index in [1.807, 2.05) is 11.0 Å². The predicted molar refractivity (Wildman–Crippen MR) is 92.2 cm³/mol. The van der Waals surface area contributed by atoms with Crippen LogP contribution in [-0.2, 0) is 0 Å². The van der Waals surface area contributed by atoms with E-state index in [1.54, 1.807) is 0 Å². The van der Waals surface area contributed by atoms with Crippen molar-refractivity contribution in [2.45, 2.75) is 12.4 Å². The van der Waals surface area contributed by atoms with E-state index in [0.29, 0.717) is 31.7 Å². The molecule has 0 unspecified atom stereocenters. The Hall–Kier alpha value is -2.83. The van der Waals surface area contributed by atoms with Crippen LogP contribution in [0.2, 0.25) is 0 Å². The summed E-state index contributed by atoms with van der Waals surface area (Å²) in [5.74, 6) is -1.90. The first-order chi connectivity index (χ1) is 13.3. The van der Waals surface area contributed by atoms with Gasteiger partial charge in [-0.1, -0.05) is 12.1 Å². The molecule has 0 bridgehead atoms. The van der Waals surface area contributed by atoms with Gasteiger partial charge in [0.2, 0.25) is 0 Å². The van der Waals surface area contributed by atoms with E-state index >= 15 is 0 Å². The second kappa shape index (κ2) is 8.04. The van der Waals surface area contributed by atoms with Crippen LogP contribution < -0.4 is 10.1 Å². The molecule has 1 atom stereocenters. The molecule has 0 aromatic heterocycles. The summed E-state index contributed by atoms with van der Waals surface area (Å²) >= 11 is 0. The molecule has 2 aromatic carbocycles. The third kappa shape index (κ3) is 4.35. The fourth-order valence-corrected chi connectivity index (χ4v) is 3.31. The Morgan fingerprint density at radius 2 is 1.75 bits per heavy atom. The van der Waals surface area contributed by atoms with Crippen LogP contribution in [-0.4, -0.2) is 42.5 Å². The molecular weight excluding hydrogens is 378 g/mol. The third-order valence-electron chi connectivity index (χ3n) is 4.51. The Kier molecular flexibility index (Phi) is 5.72. The number of phenols is 1. The van der Waals surface area contributed by atoms with Gasteiger partial charge in [-0.05, 0) is 29.8 Å². The summed E-state index contributed by atoms with van der Waals surface area (Å²) in [5, 5.41) is 23.0. The van der Waals surface area contributed by atoms with Crippen LogP contribution in [0.3, 0.4) is 0 Å². The van der Waals surface area contributed by atoms with Crippen molar-refractivity contribution in [2.24, 2.45) is 0 Å². The molecule has 0 saturated carbocycles. The summed E-state index contributed by atoms with van der Waals surface area (Å²) in [4.78, 5) is 1.94. The molecule has 0 radical (unpaired) electrons. The number of rotatable bonds is 4. The van der Waals surface area contributed by atoms with E-state index in [1.165, 1.54) is 18.2 Å². The Morgan fingerprint density at radius 3 is 2.32 bits per heavy atom. The number of nitrogens with zero attached hydrogens (tertiary/aromatic N) is 2. The van der Waals surface area contributed by atoms with Gasteiger partial charge in [-0.25, -0.2) is 4.39 Å². The average Bonchev–Trinajstić information content (AvgIpc) is 2.66. The lowest BCUT2D eigenvalue weighted by Gasteiger charge is -2.36. The van der Waals surface area contributed by atoms with Crippen LogP contribution in [0.5, 0.6) is 11.5 Å². The van der Waals surface area contributed by atoms with Crippen molar-refractivity contribution in [3.63, 3.8) is 0 Å². The van der Waals surface area contributed by atoms with Gasteiger partial charge in [0.25, 0.3) is 0 Å². The van der Waals surface area contributed by atoms with Crippen molar-refractivity contribution in [2.75, 3.05) is 26.2 Å². The molecule has 3 rings (SSSR count). The maximum absolute atomic E-state index is 14.1. The fourth-order valence-electron chi connectivity index (χ4n) is 3.31. The number of alkyl halides is 3. The number of halogens is 4. The zero-order valence-electron chi connectivity index (χ0n) is 14.6. The van der Waals surface area contributed by atoms with Gasteiger partial charge in [0, 0.05) is 31.7 Å². The normalized spacial score (nSPS) is 16.4. The SMILES string of the molecule is N#Cc1ccc(F)c(O)c1[C@H](c1ccc(OC(F)(F)F)cc1)N1CCNCC1. The second-order valence-electron chi connectivity index (χ2n) is 6.27. The first kappa shape index (κ1) is 19.9. The van der Waals surface area contributed by atoms with E-state index in [9.17, 15) is 27.9 Å². The molecule has 1 fully saturated rings. The molecule has 1 aliphatic rings. The van der Waals surface area contributed by atoms with Gasteiger partial charge in [0.1, 0.15) is 5.75 Å². The van der Waals surface area contributed by atoms with Gasteiger partial charge < -0.3 is 15.2 Å². The third-order valence-corrected chi connectivity index (χ3v) is 4.51. The standard InChI is InChI=1S/C19H17F4N3O2/c20-15-6-3-13(11-24)16(18(15)27)17(26-9-7-25-8-10-26)12-1-4-14(5-2-12)28-19(21,22)23/h1-6,17,25,27H,7-10H2/t17-/m0/s1. The number of nitrogens with one attached hydrogen (secondary N) is 1. The average molecular weight is 395 g/mol. The van der Waals surface area contributed by atoms with Crippen LogP contribution in [0.25, 0.3) is 0 Å². The fraction of sp³-hybridized carbons (Fsp3) is 0.316. The number of piperazine rings is 1. The highest BCUT2D eigenvalue weighted by molar-refractivity contribution is 5.52. The largest absolute Gasteiger partial charge is 0.573 e. The maximum atomic E-state index is 14.1. The molecule has 0 aliphatic carbocycles. The molecular formula is C19H17F4N3O2. The number of phenolic OH excluding ortho intramolecular Hbond substituents is 1. The Labute approximate surface area is 158 Å². The summed E-state index contributed by atoms with van der Waals surface area (Å²) < 4.78 is 55.2. The second-order valence-corrected chi connectivity index (χ2v) is 6.27. The van der Waals surface area contributed by atoms with Gasteiger partial charge >= 0.3 is 6.36 Å². The molecule has 0 spiro atoms. The van der Waals surface area contributed by atoms with Gasteiger partial charge in [0.15, 0.2) is 11.6 Å². The van der Waals surface area contributed by atoms with Crippen molar-refractivity contribution in [3.05, 3.63) is 58.9 Å². The zero-order valence-corrected chi connectivity index (χ0v) is 14.6. The van der Waals surface area contributed by atoms with E-state index in [-0.39, 0.29) is 16.9 Å². The molecule has 9 heteroatoms. The number of aromatic hydroxyl groups is 1. The van der Waals surface area contributed by atoms with Crippen molar-refractivity contribution >= 4 is 0 Å². The zero-order chi connectivity index (χ0) is 20.3. The van der Waals surface area contributed by atoms with E-state index in [0.717, 1.165) is 18.2 Å². The first-order valence-corrected chi connectivity index (χ1v) is 8.52. The predicted octanol–water partition coefficient (Wildman–Crippen LogP) is 3.30. The summed E-state index contributed by atoms with van der Waals surface area (Å²) in [6.45, 7) is 2.38. The van der Waals surface area contributed by atoms with Crippen LogP contribution in [0.1, 0.15) is 22.7 Å². The number of ether oxygens (including phenoxy) is 1. The number of nitriles is 1. The molecule has 1 aliphatic heterocycles. The number of hydrogen-bond acceptors (Lipinski definition) is 5. The molecule has 28 heavy (non-hydrogen) atoms. The molecule has 2 aromatic rings. The molecule has 148 valence electrons. The smallest absolute Gasteiger partial charge is 0.505 e. The van der Waals surface area contributed by atoms with Crippen LogP contribution >= 0.6 is 0 Å². The highest BCUT2D eigenvalue weighted by atomic mass is 19.4. The molecule has 1 saturated heterocycles. The van der Waals surface area contributed by atoms with Gasteiger partial charge in [-0.2, -0.15) is 5.26 Å². The molecule has 0 amide bonds. The van der Waals surface area contributed by atoms with Crippen LogP contribution in [0.15, 0.2) is 36.4 Å². The van der Waals surface area contributed by atoms with Crippen LogP contribution in [0.4, 0.5) is 17.6 Å². The first-order valence-electron chi connectivity index (χ1n) is 8.52. The monoisotopic (exact) mass is 395 g/mol. The Balaban J connectivity index is 2.07. The lowest BCUT2D eigenvalue weighted by Crippen LogP contribution is -2.45. The quantitative estimate of drug-likeness (QED) is 0.778. The summed E-state index contributed by atoms with van der Waals surface area (Å²) in [5.41, 5.74) is 0.695. The molecule has 1 heterocycles. The lowest BCUT2D eigenvalue weighted by molar-refractivity contribution is -0.274. The van der Waals surface area contributed by atoms with Crippen molar-refractivity contribution < 1.29 is 27.4 Å². The number of hydrogen-bond donors (Lipinski definition) is 2. The minimum Gasteiger partial charge on any atom is -0.505 e. The minimum absolute atomic E-state index is 0.0916. The molecule has 5 nitrogen and oxygen atoms in total. The lowest BCUT2D eigenvalue weighted by atomic mass is 9.91. The number of benzene rings is 2. The van der Waals surface area contributed by atoms with Gasteiger partial charge in [-0.15, -0.1) is 13.2 Å². The highest BCUT2D eigenvalue weighted by Gasteiger charge is 2.32. The van der Waals surface area contributed by atoms with Gasteiger partial charge in [-0.3, -0.25) is 4.90 Å². The van der Waals surface area contributed by atoms with Gasteiger partial charge in [0.05, 0.1) is 17.7 Å². The van der Waals surface area contributed by atoms with Crippen LogP contribution in [0, 0.1) is 17.1 Å². The van der Waals surface area contributed by atoms with E-state index < -0.39 is 24.0 Å². The van der Waals surface area contributed by atoms with E-state index in [4.69, 9.17) is 0 Å². The van der Waals surface area contributed by atoms with Crippen molar-refractivity contribution in [1.29, 1.82) is 5.26 Å². The minimum atomic E-state index is -4.81. The summed E-state index contributed by atoms with van der Waals surface area (Å²) in [7, 11) is 0. The Morgan fingerprint density at radius 1 is 1.11 bits per heavy atom. The maximum Gasteiger partial charge on any atom is 0.573 e.